The third-order valence-electron chi connectivity index (χ3n) is 1.86. The maximum absolute atomic E-state index is 11.2. The fourth-order valence-corrected chi connectivity index (χ4v) is 1.13. The van der Waals surface area contributed by atoms with E-state index in [1.54, 1.807) is 0 Å². The molecule has 6 nitrogen and oxygen atoms in total. The maximum Gasteiger partial charge on any atom is 0.305 e. The number of carbonyl (C=O) groups is 2. The van der Waals surface area contributed by atoms with Gasteiger partial charge in [-0.2, -0.15) is 0 Å². The van der Waals surface area contributed by atoms with Crippen LogP contribution in [0.25, 0.3) is 0 Å². The predicted octanol–water partition coefficient (Wildman–Crippen LogP) is 1.18. The van der Waals surface area contributed by atoms with Gasteiger partial charge in [-0.25, -0.2) is 0 Å². The summed E-state index contributed by atoms with van der Waals surface area (Å²) in [5, 5.41) is 8.39. The molecule has 0 aliphatic heterocycles. The van der Waals surface area contributed by atoms with Crippen LogP contribution in [0.2, 0.25) is 0 Å². The van der Waals surface area contributed by atoms with Crippen molar-refractivity contribution in [2.75, 3.05) is 19.8 Å². The molecule has 0 heterocycles. The summed E-state index contributed by atoms with van der Waals surface area (Å²) in [6.07, 6.45) is -0.206. The van der Waals surface area contributed by atoms with Crippen molar-refractivity contribution >= 4 is 11.9 Å². The average Bonchev–Trinajstić information content (AvgIpc) is 2.26. The Balaban J connectivity index is 3.68. The lowest BCUT2D eigenvalue weighted by Gasteiger charge is -2.16. The van der Waals surface area contributed by atoms with Crippen LogP contribution in [0.4, 0.5) is 0 Å². The number of ether oxygens (including phenoxy) is 3. The van der Waals surface area contributed by atoms with Gasteiger partial charge in [0.15, 0.2) is 6.29 Å². The van der Waals surface area contributed by atoms with Crippen molar-refractivity contribution in [2.24, 2.45) is 0 Å². The minimum Gasteiger partial charge on any atom is -0.481 e. The van der Waals surface area contributed by atoms with Crippen molar-refractivity contribution in [2.45, 2.75) is 39.4 Å². The summed E-state index contributed by atoms with van der Waals surface area (Å²) in [5.74, 6) is -1.35. The van der Waals surface area contributed by atoms with E-state index in [-0.39, 0.29) is 25.9 Å². The summed E-state index contributed by atoms with van der Waals surface area (Å²) >= 11 is 0. The fraction of sp³-hybridized carbons (Fsp3) is 0.818. The third kappa shape index (κ3) is 9.77. The van der Waals surface area contributed by atoms with Crippen LogP contribution in [-0.4, -0.2) is 43.2 Å². The normalized spacial score (nSPS) is 10.5. The summed E-state index contributed by atoms with van der Waals surface area (Å²) in [5.41, 5.74) is 0. The van der Waals surface area contributed by atoms with E-state index in [1.165, 1.54) is 0 Å². The summed E-state index contributed by atoms with van der Waals surface area (Å²) in [4.78, 5) is 21.4. The third-order valence-corrected chi connectivity index (χ3v) is 1.86. The quantitative estimate of drug-likeness (QED) is 0.462. The van der Waals surface area contributed by atoms with Gasteiger partial charge in [-0.05, 0) is 20.3 Å². The van der Waals surface area contributed by atoms with Gasteiger partial charge in [0.05, 0.1) is 0 Å². The van der Waals surface area contributed by atoms with Crippen LogP contribution < -0.4 is 0 Å². The lowest BCUT2D eigenvalue weighted by molar-refractivity contribution is -0.179. The average molecular weight is 248 g/mol. The first-order valence-electron chi connectivity index (χ1n) is 5.70. The summed E-state index contributed by atoms with van der Waals surface area (Å²) in [6.45, 7) is 4.62. The molecule has 0 spiro atoms. The molecule has 0 saturated carbocycles. The molecule has 0 unspecified atom stereocenters. The molecule has 0 aromatic heterocycles. The lowest BCUT2D eigenvalue weighted by atomic mass is 10.2. The van der Waals surface area contributed by atoms with E-state index in [9.17, 15) is 9.59 Å². The zero-order chi connectivity index (χ0) is 13.1. The topological polar surface area (TPSA) is 82.1 Å². The molecule has 1 N–H and O–H groups in total. The molecule has 17 heavy (non-hydrogen) atoms. The predicted molar refractivity (Wildman–Crippen MR) is 59.5 cm³/mol. The van der Waals surface area contributed by atoms with Gasteiger partial charge >= 0.3 is 11.9 Å². The summed E-state index contributed by atoms with van der Waals surface area (Å²) < 4.78 is 15.3. The molecule has 0 aliphatic rings. The number of carboxylic acid groups (broad SMARTS) is 1. The monoisotopic (exact) mass is 248 g/mol. The Labute approximate surface area is 101 Å². The van der Waals surface area contributed by atoms with Crippen molar-refractivity contribution in [1.29, 1.82) is 0 Å². The number of hydrogen-bond acceptors (Lipinski definition) is 5. The molecule has 6 heteroatoms. The number of aliphatic carboxylic acids is 1. The van der Waals surface area contributed by atoms with E-state index in [4.69, 9.17) is 19.3 Å². The second-order valence-corrected chi connectivity index (χ2v) is 3.27. The van der Waals surface area contributed by atoms with Gasteiger partial charge in [-0.1, -0.05) is 0 Å². The highest BCUT2D eigenvalue weighted by Gasteiger charge is 2.11. The molecule has 0 atom stereocenters. The first-order chi connectivity index (χ1) is 8.10. The molecular weight excluding hydrogens is 228 g/mol. The van der Waals surface area contributed by atoms with Gasteiger partial charge in [0.25, 0.3) is 0 Å². The summed E-state index contributed by atoms with van der Waals surface area (Å²) in [6, 6.07) is 0. The van der Waals surface area contributed by atoms with Crippen LogP contribution in [-0.2, 0) is 23.8 Å². The summed E-state index contributed by atoms with van der Waals surface area (Å²) in [7, 11) is 0. The standard InChI is InChI=1S/C11H20O6/c1-3-15-11(16-4-2)8-17-10(14)7-5-6-9(12)13/h11H,3-8H2,1-2H3,(H,12,13). The number of carboxylic acids is 1. The van der Waals surface area contributed by atoms with E-state index in [0.29, 0.717) is 13.2 Å². The van der Waals surface area contributed by atoms with Crippen molar-refractivity contribution in [3.63, 3.8) is 0 Å². The minimum absolute atomic E-state index is 0.0323. The van der Waals surface area contributed by atoms with Crippen LogP contribution in [0.1, 0.15) is 33.1 Å². The van der Waals surface area contributed by atoms with Gasteiger partial charge in [0.2, 0.25) is 0 Å². The molecule has 0 fully saturated rings. The highest BCUT2D eigenvalue weighted by Crippen LogP contribution is 2.01. The molecule has 0 aromatic rings. The van der Waals surface area contributed by atoms with Gasteiger partial charge < -0.3 is 19.3 Å². The van der Waals surface area contributed by atoms with Gasteiger partial charge in [0, 0.05) is 26.1 Å². The maximum atomic E-state index is 11.2. The fourth-order valence-electron chi connectivity index (χ4n) is 1.13. The number of hydrogen-bond donors (Lipinski definition) is 1. The second-order valence-electron chi connectivity index (χ2n) is 3.27. The van der Waals surface area contributed by atoms with Crippen LogP contribution in [0, 0.1) is 0 Å². The van der Waals surface area contributed by atoms with Crippen LogP contribution >= 0.6 is 0 Å². The molecule has 0 radical (unpaired) electrons. The zero-order valence-electron chi connectivity index (χ0n) is 10.3. The van der Waals surface area contributed by atoms with Crippen molar-refractivity contribution in [1.82, 2.24) is 0 Å². The Hall–Kier alpha value is -1.14. The first-order valence-corrected chi connectivity index (χ1v) is 5.70. The number of rotatable bonds is 10. The van der Waals surface area contributed by atoms with Gasteiger partial charge in [0.1, 0.15) is 6.61 Å². The van der Waals surface area contributed by atoms with E-state index in [0.717, 1.165) is 0 Å². The lowest BCUT2D eigenvalue weighted by Crippen LogP contribution is -2.25. The van der Waals surface area contributed by atoms with Gasteiger partial charge in [-0.3, -0.25) is 9.59 Å². The Morgan fingerprint density at radius 3 is 2.18 bits per heavy atom. The van der Waals surface area contributed by atoms with Crippen LogP contribution in [0.5, 0.6) is 0 Å². The van der Waals surface area contributed by atoms with Crippen molar-refractivity contribution < 1.29 is 28.9 Å². The Bertz CT molecular complexity index is 222. The van der Waals surface area contributed by atoms with Crippen molar-refractivity contribution in [3.05, 3.63) is 0 Å². The highest BCUT2D eigenvalue weighted by atomic mass is 16.7. The Morgan fingerprint density at radius 2 is 1.71 bits per heavy atom. The molecule has 0 aliphatic carbocycles. The highest BCUT2D eigenvalue weighted by molar-refractivity contribution is 5.71. The molecular formula is C11H20O6. The molecule has 0 bridgehead atoms. The second kappa shape index (κ2) is 10.0. The smallest absolute Gasteiger partial charge is 0.305 e. The minimum atomic E-state index is -0.917. The zero-order valence-corrected chi connectivity index (χ0v) is 10.3. The molecule has 100 valence electrons. The molecule has 0 rings (SSSR count). The number of carbonyl (C=O) groups excluding carboxylic acids is 1. The number of esters is 1. The van der Waals surface area contributed by atoms with Gasteiger partial charge in [-0.15, -0.1) is 0 Å². The van der Waals surface area contributed by atoms with E-state index < -0.39 is 18.2 Å². The Kier molecular flexibility index (Phi) is 9.37. The molecule has 0 amide bonds. The molecule has 0 saturated heterocycles. The van der Waals surface area contributed by atoms with Crippen LogP contribution in [0.15, 0.2) is 0 Å². The molecule has 0 aromatic carbocycles. The van der Waals surface area contributed by atoms with Crippen LogP contribution in [0.3, 0.4) is 0 Å². The largest absolute Gasteiger partial charge is 0.481 e. The van der Waals surface area contributed by atoms with E-state index >= 15 is 0 Å². The van der Waals surface area contributed by atoms with E-state index in [1.807, 2.05) is 13.8 Å². The Morgan fingerprint density at radius 1 is 1.12 bits per heavy atom. The van der Waals surface area contributed by atoms with E-state index in [2.05, 4.69) is 0 Å². The first kappa shape index (κ1) is 15.9. The van der Waals surface area contributed by atoms with Crippen molar-refractivity contribution in [3.8, 4) is 0 Å². The SMILES string of the molecule is CCOC(COC(=O)CCCC(=O)O)OCC.